The summed E-state index contributed by atoms with van der Waals surface area (Å²) in [5.41, 5.74) is 8.89. The Kier molecular flexibility index (Phi) is 8.14. The normalized spacial score (nSPS) is 15.8. The zero-order valence-corrected chi connectivity index (χ0v) is 19.0. The molecule has 3 N–H and O–H groups in total. The molecule has 0 spiro atoms. The van der Waals surface area contributed by atoms with E-state index in [0.717, 1.165) is 50.0 Å². The van der Waals surface area contributed by atoms with Gasteiger partial charge in [0.1, 0.15) is 11.3 Å². The van der Waals surface area contributed by atoms with E-state index in [4.69, 9.17) is 10.5 Å². The number of nitrogens with two attached hydrogens (primary N) is 1. The fourth-order valence-electron chi connectivity index (χ4n) is 4.76. The summed E-state index contributed by atoms with van der Waals surface area (Å²) in [4.78, 5) is 27.2. The summed E-state index contributed by atoms with van der Waals surface area (Å²) in [5, 5.41) is 10.5. The first-order valence-corrected chi connectivity index (χ1v) is 11.6. The summed E-state index contributed by atoms with van der Waals surface area (Å²) < 4.78 is 5.00. The van der Waals surface area contributed by atoms with Gasteiger partial charge in [0.25, 0.3) is 0 Å². The van der Waals surface area contributed by atoms with E-state index in [1.165, 1.54) is 18.6 Å². The third-order valence-corrected chi connectivity index (χ3v) is 6.22. The highest BCUT2D eigenvalue weighted by Crippen LogP contribution is 2.42. The van der Waals surface area contributed by atoms with Crippen molar-refractivity contribution in [2.24, 2.45) is 5.73 Å². The molecule has 2 atom stereocenters. The monoisotopic (exact) mass is 438 g/mol. The number of carbonyl (C=O) groups is 2. The Morgan fingerprint density at radius 3 is 2.44 bits per heavy atom. The number of carbonyl (C=O) groups excluding carboxylic acids is 2. The summed E-state index contributed by atoms with van der Waals surface area (Å²) >= 11 is 0. The summed E-state index contributed by atoms with van der Waals surface area (Å²) in [5.74, 6) is -1.99. The Bertz CT molecular complexity index is 937. The minimum absolute atomic E-state index is 0.0829. The number of ether oxygens (including phenoxy) is 1. The molecule has 2 unspecified atom stereocenters. The number of hydrogen-bond donors (Lipinski definition) is 2. The number of phenolic OH excluding ortho intramolecular Hbond substituents is 1. The predicted molar refractivity (Wildman–Crippen MR) is 126 cm³/mol. The Balaban J connectivity index is 2.03. The molecule has 3 rings (SSSR count). The molecule has 1 aliphatic rings. The topological polar surface area (TPSA) is 92.9 Å². The molecule has 0 aromatic heterocycles. The van der Waals surface area contributed by atoms with Gasteiger partial charge in [-0.25, -0.2) is 4.79 Å². The van der Waals surface area contributed by atoms with Gasteiger partial charge in [0.2, 0.25) is 5.91 Å². The maximum atomic E-state index is 12.7. The highest BCUT2D eigenvalue weighted by molar-refractivity contribution is 5.93. The molecule has 2 aromatic rings. The molecule has 6 heteroatoms. The van der Waals surface area contributed by atoms with Crippen molar-refractivity contribution in [1.29, 1.82) is 0 Å². The number of hydrogen-bond acceptors (Lipinski definition) is 5. The average molecular weight is 439 g/mol. The van der Waals surface area contributed by atoms with Crippen LogP contribution in [0.5, 0.6) is 5.75 Å². The van der Waals surface area contributed by atoms with Crippen molar-refractivity contribution in [1.82, 2.24) is 0 Å². The van der Waals surface area contributed by atoms with E-state index in [9.17, 15) is 14.7 Å². The zero-order valence-electron chi connectivity index (χ0n) is 19.0. The zero-order chi connectivity index (χ0) is 23.1. The Morgan fingerprint density at radius 1 is 1.09 bits per heavy atom. The lowest BCUT2D eigenvalue weighted by Gasteiger charge is -2.34. The van der Waals surface area contributed by atoms with Gasteiger partial charge in [0.15, 0.2) is 0 Å². The van der Waals surface area contributed by atoms with Crippen molar-refractivity contribution >= 4 is 17.6 Å². The van der Waals surface area contributed by atoms with Gasteiger partial charge in [-0.2, -0.15) is 0 Å². The SMILES string of the molecule is CCCC(c1ccccc1N1CCCCC1)C(C(N)=O)c1ccc(C(=O)OCC)c(O)c1. The Hall–Kier alpha value is -3.02. The average Bonchev–Trinajstić information content (AvgIpc) is 2.79. The van der Waals surface area contributed by atoms with E-state index < -0.39 is 17.8 Å². The number of benzene rings is 2. The van der Waals surface area contributed by atoms with Crippen molar-refractivity contribution < 1.29 is 19.4 Å². The smallest absolute Gasteiger partial charge is 0.341 e. The van der Waals surface area contributed by atoms with Gasteiger partial charge in [0.05, 0.1) is 12.5 Å². The first-order valence-electron chi connectivity index (χ1n) is 11.6. The number of para-hydroxylation sites is 1. The summed E-state index contributed by atoms with van der Waals surface area (Å²) in [6.45, 7) is 6.03. The number of piperidine rings is 1. The lowest BCUT2D eigenvalue weighted by Crippen LogP contribution is -2.32. The van der Waals surface area contributed by atoms with Gasteiger partial charge < -0.3 is 20.5 Å². The van der Waals surface area contributed by atoms with Gasteiger partial charge in [0, 0.05) is 24.7 Å². The van der Waals surface area contributed by atoms with Crippen molar-refractivity contribution in [3.8, 4) is 5.75 Å². The molecule has 0 aliphatic carbocycles. The molecule has 1 fully saturated rings. The van der Waals surface area contributed by atoms with E-state index >= 15 is 0 Å². The number of anilines is 1. The van der Waals surface area contributed by atoms with Crippen LogP contribution in [0.25, 0.3) is 0 Å². The second-order valence-corrected chi connectivity index (χ2v) is 8.38. The van der Waals surface area contributed by atoms with E-state index in [0.29, 0.717) is 5.56 Å². The highest BCUT2D eigenvalue weighted by Gasteiger charge is 2.32. The third-order valence-electron chi connectivity index (χ3n) is 6.22. The van der Waals surface area contributed by atoms with E-state index in [1.807, 2.05) is 12.1 Å². The Morgan fingerprint density at radius 2 is 1.81 bits per heavy atom. The summed E-state index contributed by atoms with van der Waals surface area (Å²) in [7, 11) is 0. The number of phenols is 1. The van der Waals surface area contributed by atoms with Crippen molar-refractivity contribution in [2.45, 2.75) is 57.8 Å². The van der Waals surface area contributed by atoms with E-state index in [2.05, 4.69) is 24.0 Å². The fourth-order valence-corrected chi connectivity index (χ4v) is 4.76. The first kappa shape index (κ1) is 23.6. The molecule has 0 bridgehead atoms. The van der Waals surface area contributed by atoms with Crippen LogP contribution >= 0.6 is 0 Å². The van der Waals surface area contributed by atoms with Gasteiger partial charge in [-0.3, -0.25) is 4.79 Å². The van der Waals surface area contributed by atoms with Crippen molar-refractivity contribution in [3.05, 3.63) is 59.2 Å². The van der Waals surface area contributed by atoms with Crippen molar-refractivity contribution in [3.63, 3.8) is 0 Å². The highest BCUT2D eigenvalue weighted by atomic mass is 16.5. The maximum Gasteiger partial charge on any atom is 0.341 e. The molecule has 1 heterocycles. The van der Waals surface area contributed by atoms with Gasteiger partial charge in [-0.05, 0) is 61.9 Å². The lowest BCUT2D eigenvalue weighted by molar-refractivity contribution is -0.120. The van der Waals surface area contributed by atoms with Gasteiger partial charge >= 0.3 is 5.97 Å². The number of aromatic hydroxyl groups is 1. The standard InChI is InChI=1S/C26H34N2O4/c1-3-10-20(19-11-6-7-12-22(19)28-15-8-5-9-16-28)24(25(27)30)18-13-14-21(23(29)17-18)26(31)32-4-2/h6-7,11-14,17,20,24,29H,3-5,8-10,15-16H2,1-2H3,(H2,27,30). The Labute approximate surface area is 190 Å². The molecular formula is C26H34N2O4. The number of nitrogens with zero attached hydrogens (tertiary/aromatic N) is 1. The van der Waals surface area contributed by atoms with E-state index in [-0.39, 0.29) is 23.8 Å². The largest absolute Gasteiger partial charge is 0.507 e. The van der Waals surface area contributed by atoms with Crippen LogP contribution in [0.3, 0.4) is 0 Å². The minimum atomic E-state index is -0.622. The fraction of sp³-hybridized carbons (Fsp3) is 0.462. The maximum absolute atomic E-state index is 12.7. The summed E-state index contributed by atoms with van der Waals surface area (Å²) in [6.07, 6.45) is 5.23. The quantitative estimate of drug-likeness (QED) is 0.553. The van der Waals surface area contributed by atoms with Crippen LogP contribution < -0.4 is 10.6 Å². The molecule has 0 radical (unpaired) electrons. The number of primary amides is 1. The molecule has 0 saturated carbocycles. The molecule has 32 heavy (non-hydrogen) atoms. The van der Waals surface area contributed by atoms with Crippen LogP contribution in [0.4, 0.5) is 5.69 Å². The molecule has 1 aliphatic heterocycles. The molecule has 172 valence electrons. The second-order valence-electron chi connectivity index (χ2n) is 8.38. The number of amides is 1. The molecule has 2 aromatic carbocycles. The van der Waals surface area contributed by atoms with Crippen molar-refractivity contribution in [2.75, 3.05) is 24.6 Å². The van der Waals surface area contributed by atoms with Gasteiger partial charge in [-0.15, -0.1) is 0 Å². The minimum Gasteiger partial charge on any atom is -0.507 e. The van der Waals surface area contributed by atoms with Crippen LogP contribution in [-0.4, -0.2) is 36.7 Å². The van der Waals surface area contributed by atoms with Gasteiger partial charge in [-0.1, -0.05) is 37.6 Å². The number of esters is 1. The molecule has 6 nitrogen and oxygen atoms in total. The third kappa shape index (κ3) is 5.23. The van der Waals surface area contributed by atoms with Crippen LogP contribution in [0.2, 0.25) is 0 Å². The van der Waals surface area contributed by atoms with Crippen LogP contribution in [0, 0.1) is 0 Å². The van der Waals surface area contributed by atoms with Crippen LogP contribution in [0.1, 0.15) is 79.3 Å². The van der Waals surface area contributed by atoms with Crippen LogP contribution in [0.15, 0.2) is 42.5 Å². The summed E-state index contributed by atoms with van der Waals surface area (Å²) in [6, 6.07) is 13.0. The second kappa shape index (κ2) is 11.0. The van der Waals surface area contributed by atoms with Crippen LogP contribution in [-0.2, 0) is 9.53 Å². The lowest BCUT2D eigenvalue weighted by atomic mass is 9.77. The molecule has 1 amide bonds. The predicted octanol–water partition coefficient (Wildman–Crippen LogP) is 4.71. The van der Waals surface area contributed by atoms with E-state index in [1.54, 1.807) is 13.0 Å². The molecular weight excluding hydrogens is 404 g/mol. The number of rotatable bonds is 9. The molecule has 1 saturated heterocycles. The first-order chi connectivity index (χ1) is 15.5.